The van der Waals surface area contributed by atoms with Crippen LogP contribution >= 0.6 is 0 Å². The van der Waals surface area contributed by atoms with Crippen LogP contribution in [0.25, 0.3) is 0 Å². The van der Waals surface area contributed by atoms with Gasteiger partial charge in [-0.2, -0.15) is 0 Å². The molecule has 0 spiro atoms. The zero-order valence-electron chi connectivity index (χ0n) is 24.3. The van der Waals surface area contributed by atoms with Crippen molar-refractivity contribution < 1.29 is 64.2 Å². The molecule has 44 heavy (non-hydrogen) atoms. The summed E-state index contributed by atoms with van der Waals surface area (Å²) in [5.74, 6) is -0.815. The topological polar surface area (TPSA) is 353 Å². The predicted molar refractivity (Wildman–Crippen MR) is 148 cm³/mol. The Balaban J connectivity index is 1.41. The second-order valence-electron chi connectivity index (χ2n) is 12.0. The first-order chi connectivity index (χ1) is 20.8. The molecule has 0 aromatic carbocycles. The lowest BCUT2D eigenvalue weighted by Gasteiger charge is -2.47. The zero-order valence-corrected chi connectivity index (χ0v) is 24.3. The predicted octanol–water partition coefficient (Wildman–Crippen LogP) is -8.61. The van der Waals surface area contributed by atoms with Gasteiger partial charge in [0.05, 0.1) is 56.3 Å². The van der Waals surface area contributed by atoms with Gasteiger partial charge in [-0.3, -0.25) is 0 Å². The molecule has 4 fully saturated rings. The molecule has 0 radical (unpaired) electrons. The summed E-state index contributed by atoms with van der Waals surface area (Å²) in [4.78, 5) is 0. The molecule has 0 aromatic heterocycles. The van der Waals surface area contributed by atoms with Gasteiger partial charge in [0.2, 0.25) is 0 Å². The van der Waals surface area contributed by atoms with E-state index in [0.29, 0.717) is 0 Å². The van der Waals surface area contributed by atoms with Crippen molar-refractivity contribution in [3.8, 4) is 0 Å². The maximum atomic E-state index is 11.1. The van der Waals surface area contributed by atoms with Crippen LogP contribution in [-0.2, 0) is 28.4 Å². The fourth-order valence-corrected chi connectivity index (χ4v) is 6.19. The maximum Gasteiger partial charge on any atom is 0.184 e. The van der Waals surface area contributed by atoms with Gasteiger partial charge in [-0.05, 0) is 6.42 Å². The molecular weight excluding hydrogens is 592 g/mol. The van der Waals surface area contributed by atoms with E-state index >= 15 is 0 Å². The van der Waals surface area contributed by atoms with E-state index in [1.54, 1.807) is 0 Å². The Hall–Kier alpha value is -0.760. The minimum atomic E-state index is -1.43. The van der Waals surface area contributed by atoms with Crippen LogP contribution in [0, 0.1) is 5.92 Å². The van der Waals surface area contributed by atoms with Gasteiger partial charge in [0.25, 0.3) is 0 Å². The largest absolute Gasteiger partial charge is 0.394 e. The Bertz CT molecular complexity index is 899. The fourth-order valence-electron chi connectivity index (χ4n) is 6.19. The quantitative estimate of drug-likeness (QED) is 0.0994. The van der Waals surface area contributed by atoms with Gasteiger partial charge in [0, 0.05) is 31.1 Å². The van der Waals surface area contributed by atoms with Crippen LogP contribution < -0.4 is 34.4 Å². The number of hydrogen-bond acceptors (Lipinski definition) is 19. The highest BCUT2D eigenvalue weighted by molar-refractivity contribution is 5.02. The summed E-state index contributed by atoms with van der Waals surface area (Å²) in [5, 5.41) is 72.9. The highest BCUT2D eigenvalue weighted by atomic mass is 16.7. The molecule has 258 valence electrons. The minimum absolute atomic E-state index is 0.0534. The highest BCUT2D eigenvalue weighted by Crippen LogP contribution is 2.34. The van der Waals surface area contributed by atoms with Crippen LogP contribution in [0.4, 0.5) is 0 Å². The molecule has 16 unspecified atom stereocenters. The molecule has 4 aliphatic rings. The Morgan fingerprint density at radius 3 is 1.75 bits per heavy atom. The molecule has 0 amide bonds. The molecule has 19 N–H and O–H groups in total. The van der Waals surface area contributed by atoms with E-state index in [0.717, 1.165) is 0 Å². The number of aliphatic hydroxyl groups is 7. The number of ether oxygens (including phenoxy) is 6. The molecule has 3 heterocycles. The zero-order chi connectivity index (χ0) is 32.5. The summed E-state index contributed by atoms with van der Waals surface area (Å²) < 4.78 is 34.9. The molecular formula is C25H50N6O13. The van der Waals surface area contributed by atoms with Gasteiger partial charge in [0.15, 0.2) is 12.6 Å². The summed E-state index contributed by atoms with van der Waals surface area (Å²) in [6.07, 6.45) is -16.6. The van der Waals surface area contributed by atoms with Crippen molar-refractivity contribution in [2.45, 2.75) is 116 Å². The van der Waals surface area contributed by atoms with Crippen LogP contribution in [0.5, 0.6) is 0 Å². The van der Waals surface area contributed by atoms with E-state index in [1.807, 2.05) is 0 Å². The average Bonchev–Trinajstić information content (AvgIpc) is 3.30. The third-order valence-electron chi connectivity index (χ3n) is 9.04. The summed E-state index contributed by atoms with van der Waals surface area (Å²) in [7, 11) is 0. The average molecular weight is 643 g/mol. The number of rotatable bonds is 11. The molecule has 0 aromatic rings. The lowest BCUT2D eigenvalue weighted by Crippen LogP contribution is -2.68. The summed E-state index contributed by atoms with van der Waals surface area (Å²) >= 11 is 0. The Labute approximate surface area is 254 Å². The SMILES string of the molecule is NCC1OC(COC[C@@H]2C(O)[C@H](OC3C(O)C(N)CC(N)C3OC3OC(CN)C(O)C(O)C3N)O[C@@H]2CO)C(N)C(O)C1O. The fraction of sp³-hybridized carbons (Fsp3) is 1.00. The molecule has 19 heteroatoms. The van der Waals surface area contributed by atoms with Gasteiger partial charge < -0.3 is 98.6 Å². The van der Waals surface area contributed by atoms with Gasteiger partial charge in [-0.25, -0.2) is 0 Å². The van der Waals surface area contributed by atoms with Crippen molar-refractivity contribution in [2.75, 3.05) is 32.9 Å². The normalized spacial score (nSPS) is 51.9. The minimum Gasteiger partial charge on any atom is -0.394 e. The molecule has 19 nitrogen and oxygen atoms in total. The van der Waals surface area contributed by atoms with Crippen molar-refractivity contribution in [1.82, 2.24) is 0 Å². The molecule has 4 rings (SSSR count). The molecule has 19 atom stereocenters. The van der Waals surface area contributed by atoms with Crippen LogP contribution in [0.15, 0.2) is 0 Å². The number of hydrogen-bond donors (Lipinski definition) is 13. The summed E-state index contributed by atoms with van der Waals surface area (Å²) in [5.41, 5.74) is 35.7. The van der Waals surface area contributed by atoms with E-state index in [2.05, 4.69) is 0 Å². The molecule has 0 bridgehead atoms. The first-order valence-corrected chi connectivity index (χ1v) is 14.8. The van der Waals surface area contributed by atoms with Gasteiger partial charge in [-0.1, -0.05) is 0 Å². The third kappa shape index (κ3) is 7.36. The van der Waals surface area contributed by atoms with E-state index in [9.17, 15) is 35.7 Å². The molecule has 3 aliphatic heterocycles. The van der Waals surface area contributed by atoms with Gasteiger partial charge in [0.1, 0.15) is 48.8 Å². The Kier molecular flexibility index (Phi) is 12.7. The molecule has 3 saturated heterocycles. The van der Waals surface area contributed by atoms with E-state index < -0.39 is 123 Å². The number of nitrogens with two attached hydrogens (primary N) is 6. The van der Waals surface area contributed by atoms with Crippen LogP contribution in [0.2, 0.25) is 0 Å². The first-order valence-electron chi connectivity index (χ1n) is 14.8. The number of aliphatic hydroxyl groups excluding tert-OH is 7. The molecule has 1 aliphatic carbocycles. The second-order valence-corrected chi connectivity index (χ2v) is 12.0. The van der Waals surface area contributed by atoms with Crippen molar-refractivity contribution in [2.24, 2.45) is 40.3 Å². The van der Waals surface area contributed by atoms with Gasteiger partial charge >= 0.3 is 0 Å². The van der Waals surface area contributed by atoms with E-state index in [-0.39, 0.29) is 32.7 Å². The first kappa shape index (κ1) is 36.1. The van der Waals surface area contributed by atoms with E-state index in [1.165, 1.54) is 0 Å². The lowest BCUT2D eigenvalue weighted by atomic mass is 9.84. The third-order valence-corrected chi connectivity index (χ3v) is 9.04. The Morgan fingerprint density at radius 1 is 0.568 bits per heavy atom. The van der Waals surface area contributed by atoms with Crippen molar-refractivity contribution in [1.29, 1.82) is 0 Å². The summed E-state index contributed by atoms with van der Waals surface area (Å²) in [6.45, 7) is -0.980. The standard InChI is InChI=1S/C25H50N6O13/c26-2-10-18(35)20(37)14(30)13(40-10)6-39-5-7-12(4-32)42-25(16(7)33)44-23-17(34)8(28)1-9(29)22(23)43-24-15(31)21(38)19(36)11(3-27)41-24/h7-25,32-38H,1-6,26-31H2/t7-,8?,9?,10?,11?,12+,13?,14?,15?,16?,17?,18?,19?,20?,21?,22?,23?,24?,25-/m0/s1. The van der Waals surface area contributed by atoms with Crippen LogP contribution in [0.3, 0.4) is 0 Å². The van der Waals surface area contributed by atoms with E-state index in [4.69, 9.17) is 62.8 Å². The monoisotopic (exact) mass is 642 g/mol. The van der Waals surface area contributed by atoms with Crippen LogP contribution in [-0.4, -0.2) is 179 Å². The summed E-state index contributed by atoms with van der Waals surface area (Å²) in [6, 6.07) is -3.82. The lowest BCUT2D eigenvalue weighted by molar-refractivity contribution is -0.306. The smallest absolute Gasteiger partial charge is 0.184 e. The second kappa shape index (κ2) is 15.4. The molecule has 1 saturated carbocycles. The van der Waals surface area contributed by atoms with Crippen molar-refractivity contribution >= 4 is 0 Å². The highest BCUT2D eigenvalue weighted by Gasteiger charge is 2.52. The van der Waals surface area contributed by atoms with Crippen molar-refractivity contribution in [3.05, 3.63) is 0 Å². The van der Waals surface area contributed by atoms with Crippen LogP contribution in [0.1, 0.15) is 6.42 Å². The Morgan fingerprint density at radius 2 is 1.14 bits per heavy atom. The maximum absolute atomic E-state index is 11.1. The van der Waals surface area contributed by atoms with Crippen molar-refractivity contribution in [3.63, 3.8) is 0 Å². The van der Waals surface area contributed by atoms with Gasteiger partial charge in [-0.15, -0.1) is 0 Å².